The summed E-state index contributed by atoms with van der Waals surface area (Å²) in [6, 6.07) is 8.66. The molecule has 268 valence electrons. The molecule has 0 N–H and O–H groups in total. The van der Waals surface area contributed by atoms with E-state index in [0.717, 1.165) is 22.4 Å². The molecule has 0 radical (unpaired) electrons. The van der Waals surface area contributed by atoms with Crippen LogP contribution in [0.4, 0.5) is 4.39 Å². The summed E-state index contributed by atoms with van der Waals surface area (Å²) < 4.78 is 33.8. The van der Waals surface area contributed by atoms with Gasteiger partial charge in [-0.25, -0.2) is 9.18 Å². The first-order valence-electron chi connectivity index (χ1n) is 17.1. The number of hydrogen-bond acceptors (Lipinski definition) is 10. The van der Waals surface area contributed by atoms with Crippen molar-refractivity contribution in [1.82, 2.24) is 9.88 Å². The van der Waals surface area contributed by atoms with Crippen molar-refractivity contribution in [3.63, 3.8) is 0 Å². The van der Waals surface area contributed by atoms with Crippen LogP contribution in [0.25, 0.3) is 10.6 Å². The van der Waals surface area contributed by atoms with Crippen molar-refractivity contribution in [2.75, 3.05) is 19.8 Å². The Morgan fingerprint density at radius 2 is 1.80 bits per heavy atom. The van der Waals surface area contributed by atoms with E-state index in [-0.39, 0.29) is 37.8 Å². The number of hydrogen-bond donors (Lipinski definition) is 0. The van der Waals surface area contributed by atoms with E-state index in [1.54, 1.807) is 33.0 Å². The van der Waals surface area contributed by atoms with Gasteiger partial charge in [0.15, 0.2) is 5.78 Å². The average Bonchev–Trinajstić information content (AvgIpc) is 3.75. The molecule has 9 atom stereocenters. The molecular weight excluding hydrogens is 660 g/mol. The third-order valence-corrected chi connectivity index (χ3v) is 11.7. The number of pyridine rings is 1. The molecule has 11 heteroatoms. The van der Waals surface area contributed by atoms with Crippen LogP contribution in [-0.2, 0) is 33.4 Å². The monoisotopic (exact) mass is 706 g/mol. The van der Waals surface area contributed by atoms with E-state index < -0.39 is 70.4 Å². The van der Waals surface area contributed by atoms with Crippen molar-refractivity contribution >= 4 is 34.8 Å². The van der Waals surface area contributed by atoms with E-state index in [0.29, 0.717) is 6.42 Å². The zero-order valence-electron chi connectivity index (χ0n) is 29.9. The molecule has 3 aliphatic heterocycles. The topological polar surface area (TPSA) is 112 Å². The summed E-state index contributed by atoms with van der Waals surface area (Å²) in [7, 11) is 0. The highest BCUT2D eigenvalue weighted by Gasteiger charge is 2.69. The second-order valence-electron chi connectivity index (χ2n) is 15.1. The third-order valence-electron chi connectivity index (χ3n) is 10.7. The zero-order chi connectivity index (χ0) is 36.6. The maximum Gasteiger partial charge on any atom is 0.351 e. The largest absolute Gasteiger partial charge is 0.459 e. The van der Waals surface area contributed by atoms with E-state index >= 15 is 4.39 Å². The molecule has 3 aliphatic rings. The molecule has 3 saturated heterocycles. The Hall–Kier alpha value is -3.72. The lowest BCUT2D eigenvalue weighted by molar-refractivity contribution is -0.178. The summed E-state index contributed by atoms with van der Waals surface area (Å²) in [5, 5.41) is 0. The lowest BCUT2D eigenvalue weighted by Crippen LogP contribution is -2.53. The van der Waals surface area contributed by atoms with Crippen LogP contribution in [0.2, 0.25) is 0 Å². The minimum absolute atomic E-state index is 0.0146. The number of nitrogens with zero attached hydrogens (tertiary/aromatic N) is 2. The predicted octanol–water partition coefficient (Wildman–Crippen LogP) is 6.00. The number of halogens is 1. The van der Waals surface area contributed by atoms with Crippen molar-refractivity contribution < 1.29 is 37.8 Å². The molecule has 2 unspecified atom stereocenters. The number of ketones is 2. The van der Waals surface area contributed by atoms with Gasteiger partial charge in [-0.2, -0.15) is 0 Å². The molecular formula is C39H47FN2O7S. The summed E-state index contributed by atoms with van der Waals surface area (Å²) in [6.07, 6.45) is 4.30. The molecule has 0 aliphatic carbocycles. The van der Waals surface area contributed by atoms with Gasteiger partial charge in [0, 0.05) is 42.0 Å². The number of carbonyl (C=O) groups is 4. The van der Waals surface area contributed by atoms with Crippen molar-refractivity contribution in [1.29, 1.82) is 0 Å². The quantitative estimate of drug-likeness (QED) is 0.155. The van der Waals surface area contributed by atoms with E-state index in [9.17, 15) is 19.2 Å². The SMILES string of the molecule is C=CCC(C)N1C[C@@]2(C)C(=O)[C@H](C)C[C@@](C)(OCC#Cc3ccc(-c4ccccn4)s3)C[C@@H](C)C(=O)[C@@](C)(F)C(=O)OC[C@@]3(C)OC(=O)[C@H]1C32. The van der Waals surface area contributed by atoms with Gasteiger partial charge in [-0.1, -0.05) is 44.8 Å². The Morgan fingerprint density at radius 1 is 1.10 bits per heavy atom. The molecule has 3 fully saturated rings. The van der Waals surface area contributed by atoms with Gasteiger partial charge < -0.3 is 14.2 Å². The molecule has 50 heavy (non-hydrogen) atoms. The smallest absolute Gasteiger partial charge is 0.351 e. The number of carbonyl (C=O) groups excluding carboxylic acids is 4. The summed E-state index contributed by atoms with van der Waals surface area (Å²) in [5.74, 6) is 0.974. The molecule has 5 heterocycles. The zero-order valence-corrected chi connectivity index (χ0v) is 30.7. The highest BCUT2D eigenvalue weighted by Crippen LogP contribution is 2.55. The molecule has 9 nitrogen and oxygen atoms in total. The second-order valence-corrected chi connectivity index (χ2v) is 16.1. The normalized spacial score (nSPS) is 35.7. The van der Waals surface area contributed by atoms with Crippen molar-refractivity contribution in [3.05, 3.63) is 54.1 Å². The fraction of sp³-hybridized carbons (Fsp3) is 0.564. The predicted molar refractivity (Wildman–Crippen MR) is 188 cm³/mol. The number of esters is 2. The first kappa shape index (κ1) is 37.5. The van der Waals surface area contributed by atoms with Crippen LogP contribution in [0.3, 0.4) is 0 Å². The number of cyclic esters (lactones) is 1. The van der Waals surface area contributed by atoms with E-state index in [1.807, 2.05) is 56.0 Å². The van der Waals surface area contributed by atoms with Gasteiger partial charge in [0.2, 0.25) is 0 Å². The van der Waals surface area contributed by atoms with Gasteiger partial charge >= 0.3 is 11.9 Å². The third kappa shape index (κ3) is 7.07. The van der Waals surface area contributed by atoms with Gasteiger partial charge in [-0.05, 0) is 71.2 Å². The van der Waals surface area contributed by atoms with Crippen LogP contribution in [0.15, 0.2) is 49.2 Å². The maximum absolute atomic E-state index is 16.1. The minimum atomic E-state index is -2.96. The first-order valence-corrected chi connectivity index (χ1v) is 18.0. The minimum Gasteiger partial charge on any atom is -0.459 e. The van der Waals surface area contributed by atoms with Gasteiger partial charge in [0.25, 0.3) is 5.67 Å². The molecule has 0 bridgehead atoms. The number of likely N-dealkylation sites (tertiary alicyclic amines) is 1. The molecule has 5 rings (SSSR count). The Labute approximate surface area is 298 Å². The van der Waals surface area contributed by atoms with Crippen molar-refractivity contribution in [2.24, 2.45) is 23.2 Å². The summed E-state index contributed by atoms with van der Waals surface area (Å²) >= 11 is 1.50. The number of rotatable bonds is 6. The number of ether oxygens (including phenoxy) is 3. The van der Waals surface area contributed by atoms with Crippen LogP contribution in [0, 0.1) is 35.0 Å². The van der Waals surface area contributed by atoms with Crippen LogP contribution in [-0.4, -0.2) is 82.1 Å². The van der Waals surface area contributed by atoms with E-state index in [1.165, 1.54) is 11.3 Å². The fourth-order valence-electron chi connectivity index (χ4n) is 8.44. The molecule has 2 aromatic rings. The maximum atomic E-state index is 16.1. The lowest BCUT2D eigenvalue weighted by Gasteiger charge is -2.41. The molecule has 2 aromatic heterocycles. The van der Waals surface area contributed by atoms with Crippen LogP contribution >= 0.6 is 11.3 Å². The van der Waals surface area contributed by atoms with Crippen molar-refractivity contribution in [2.45, 2.75) is 96.7 Å². The molecule has 0 amide bonds. The number of alkyl halides is 1. The van der Waals surface area contributed by atoms with Gasteiger partial charge in [-0.3, -0.25) is 24.3 Å². The Morgan fingerprint density at radius 3 is 2.46 bits per heavy atom. The van der Waals surface area contributed by atoms with Crippen LogP contribution < -0.4 is 0 Å². The summed E-state index contributed by atoms with van der Waals surface area (Å²) in [5.41, 5.74) is -5.75. The van der Waals surface area contributed by atoms with Crippen molar-refractivity contribution in [3.8, 4) is 22.4 Å². The molecule has 0 aromatic carbocycles. The van der Waals surface area contributed by atoms with Crippen LogP contribution in [0.1, 0.15) is 72.6 Å². The Balaban J connectivity index is 1.47. The second kappa shape index (κ2) is 14.1. The fourth-order valence-corrected chi connectivity index (χ4v) is 9.30. The lowest BCUT2D eigenvalue weighted by atomic mass is 9.64. The number of aromatic nitrogens is 1. The summed E-state index contributed by atoms with van der Waals surface area (Å²) in [4.78, 5) is 63.1. The Bertz CT molecular complexity index is 1710. The Kier molecular flexibility index (Phi) is 10.6. The average molecular weight is 707 g/mol. The van der Waals surface area contributed by atoms with Crippen LogP contribution in [0.5, 0.6) is 0 Å². The number of thiophene rings is 1. The van der Waals surface area contributed by atoms with E-state index in [2.05, 4.69) is 23.4 Å². The highest BCUT2D eigenvalue weighted by atomic mass is 32.1. The van der Waals surface area contributed by atoms with Gasteiger partial charge in [0.05, 0.1) is 21.0 Å². The van der Waals surface area contributed by atoms with Gasteiger partial charge in [-0.15, -0.1) is 17.9 Å². The molecule has 0 saturated carbocycles. The summed E-state index contributed by atoms with van der Waals surface area (Å²) in [6.45, 7) is 15.1. The first-order chi connectivity index (χ1) is 23.5. The highest BCUT2D eigenvalue weighted by molar-refractivity contribution is 7.16. The number of Topliss-reactive ketones (excluding diaryl/α,β-unsaturated/α-hetero) is 2. The van der Waals surface area contributed by atoms with E-state index in [4.69, 9.17) is 14.2 Å². The standard InChI is InChI=1S/C39H47FN2O7S/c1-9-13-26(4)42-22-37(6)31-30(42)34(45)49-38(31,7)23-47-35(46)39(8,40)33(44)25(3)21-36(5,20-24(2)32(37)43)48-19-12-14-27-16-17-29(50-27)28-15-10-11-18-41-28/h9-11,15-18,24-26,30-31H,1,13,19-23H2,2-8H3/t24-,25-,26?,30-,31?,36-,37-,38-,39-/m1/s1. The molecule has 0 spiro atoms. The van der Waals surface area contributed by atoms with Gasteiger partial charge in [0.1, 0.15) is 30.6 Å².